The molecule has 3 nitrogen and oxygen atoms in total. The number of carbonyl (C=O) groups excluding carboxylic acids is 1. The van der Waals surface area contributed by atoms with Crippen molar-refractivity contribution in [2.45, 2.75) is 13.0 Å². The Morgan fingerprint density at radius 3 is 2.81 bits per heavy atom. The molecule has 1 unspecified atom stereocenters. The van der Waals surface area contributed by atoms with Crippen LogP contribution in [-0.4, -0.2) is 19.1 Å². The molecular formula is C13H15NO2. The number of likely N-dealkylation sites (tertiary alicyclic amines) is 1. The number of hydrogen-bond acceptors (Lipinski definition) is 2. The third-order valence-electron chi connectivity index (χ3n) is 2.90. The van der Waals surface area contributed by atoms with E-state index in [1.54, 1.807) is 0 Å². The van der Waals surface area contributed by atoms with E-state index in [0.29, 0.717) is 0 Å². The lowest BCUT2D eigenvalue weighted by atomic mass is 10.2. The number of benzene rings is 1. The van der Waals surface area contributed by atoms with Crippen LogP contribution in [0.5, 0.6) is 0 Å². The molecule has 1 fully saturated rings. The van der Waals surface area contributed by atoms with Crippen molar-refractivity contribution in [2.24, 2.45) is 0 Å². The third kappa shape index (κ3) is 2.94. The average Bonchev–Trinajstić information content (AvgIpc) is 2.66. The normalized spacial score (nSPS) is 22.5. The molecule has 0 aromatic heterocycles. The predicted octanol–water partition coefficient (Wildman–Crippen LogP) is -0.848. The number of carbonyl (C=O) groups is 1. The molecule has 1 aliphatic rings. The maximum absolute atomic E-state index is 10.4. The Bertz CT molecular complexity index is 398. The van der Waals surface area contributed by atoms with Crippen LogP contribution < -0.4 is 10.0 Å². The second-order valence-electron chi connectivity index (χ2n) is 4.21. The zero-order valence-corrected chi connectivity index (χ0v) is 9.11. The number of carboxylic acids is 1. The van der Waals surface area contributed by atoms with Crippen molar-refractivity contribution in [2.75, 3.05) is 13.1 Å². The number of hydrogen-bond donors (Lipinski definition) is 1. The molecule has 84 valence electrons. The van der Waals surface area contributed by atoms with E-state index in [4.69, 9.17) is 0 Å². The highest BCUT2D eigenvalue weighted by molar-refractivity contribution is 5.78. The molecule has 1 heterocycles. The van der Waals surface area contributed by atoms with Crippen LogP contribution in [0, 0.1) is 0 Å². The number of aliphatic carboxylic acids is 1. The summed E-state index contributed by atoms with van der Waals surface area (Å²) in [6, 6.07) is 10.3. The van der Waals surface area contributed by atoms with Gasteiger partial charge in [0.15, 0.2) is 0 Å². The zero-order chi connectivity index (χ0) is 11.4. The van der Waals surface area contributed by atoms with Crippen LogP contribution in [-0.2, 0) is 11.3 Å². The van der Waals surface area contributed by atoms with E-state index in [2.05, 4.69) is 12.1 Å². The molecule has 2 rings (SSSR count). The number of quaternary nitrogens is 1. The lowest BCUT2D eigenvalue weighted by molar-refractivity contribution is -0.899. The average molecular weight is 217 g/mol. The van der Waals surface area contributed by atoms with E-state index in [-0.39, 0.29) is 0 Å². The van der Waals surface area contributed by atoms with Gasteiger partial charge >= 0.3 is 0 Å². The lowest BCUT2D eigenvalue weighted by Crippen LogP contribution is -3.08. The molecule has 0 saturated carbocycles. The molecular weight excluding hydrogens is 202 g/mol. The molecule has 1 saturated heterocycles. The molecule has 1 atom stereocenters. The fourth-order valence-electron chi connectivity index (χ4n) is 2.16. The van der Waals surface area contributed by atoms with E-state index < -0.39 is 5.97 Å². The van der Waals surface area contributed by atoms with Crippen molar-refractivity contribution in [3.63, 3.8) is 0 Å². The minimum atomic E-state index is -1.07. The molecule has 0 bridgehead atoms. The topological polar surface area (TPSA) is 44.6 Å². The number of nitrogens with one attached hydrogen (secondary N) is 1. The standard InChI is InChI=1S/C13H15NO2/c15-13(16)8-12-6-7-14(10-12)9-11-4-2-1-3-5-11/h1-5,8H,6-7,9-10H2,(H,15,16)/b12-8+. The van der Waals surface area contributed by atoms with Crippen LogP contribution in [0.15, 0.2) is 42.0 Å². The van der Waals surface area contributed by atoms with Gasteiger partial charge in [-0.25, -0.2) is 0 Å². The van der Waals surface area contributed by atoms with Crippen molar-refractivity contribution >= 4 is 5.97 Å². The first-order chi connectivity index (χ1) is 7.74. The number of rotatable bonds is 3. The summed E-state index contributed by atoms with van der Waals surface area (Å²) in [7, 11) is 0. The van der Waals surface area contributed by atoms with E-state index in [0.717, 1.165) is 31.6 Å². The van der Waals surface area contributed by atoms with Gasteiger partial charge in [0, 0.05) is 12.0 Å². The van der Waals surface area contributed by atoms with E-state index in [1.165, 1.54) is 16.5 Å². The molecule has 0 spiro atoms. The molecule has 0 aliphatic carbocycles. The SMILES string of the molecule is O=C([O-])/C=C1\CC[NH+](Cc2ccccc2)C1. The van der Waals surface area contributed by atoms with Gasteiger partial charge < -0.3 is 14.8 Å². The largest absolute Gasteiger partial charge is 0.545 e. The fourth-order valence-corrected chi connectivity index (χ4v) is 2.16. The third-order valence-corrected chi connectivity index (χ3v) is 2.90. The number of carboxylic acid groups (broad SMARTS) is 1. The zero-order valence-electron chi connectivity index (χ0n) is 9.11. The van der Waals surface area contributed by atoms with Gasteiger partial charge in [0.25, 0.3) is 0 Å². The van der Waals surface area contributed by atoms with E-state index in [9.17, 15) is 9.90 Å². The van der Waals surface area contributed by atoms with Gasteiger partial charge in [0.1, 0.15) is 6.54 Å². The van der Waals surface area contributed by atoms with Crippen molar-refractivity contribution in [3.8, 4) is 0 Å². The first-order valence-corrected chi connectivity index (χ1v) is 5.52. The summed E-state index contributed by atoms with van der Waals surface area (Å²) in [5.41, 5.74) is 2.29. The maximum Gasteiger partial charge on any atom is 0.103 e. The van der Waals surface area contributed by atoms with Crippen molar-refractivity contribution < 1.29 is 14.8 Å². The van der Waals surface area contributed by atoms with Gasteiger partial charge in [-0.15, -0.1) is 0 Å². The van der Waals surface area contributed by atoms with Crippen LogP contribution in [0.25, 0.3) is 0 Å². The Morgan fingerprint density at radius 1 is 1.38 bits per heavy atom. The van der Waals surface area contributed by atoms with Crippen LogP contribution in [0.3, 0.4) is 0 Å². The highest BCUT2D eigenvalue weighted by Crippen LogP contribution is 2.03. The second kappa shape index (κ2) is 4.94. The quantitative estimate of drug-likeness (QED) is 0.670. The van der Waals surface area contributed by atoms with Crippen molar-refractivity contribution in [1.29, 1.82) is 0 Å². The van der Waals surface area contributed by atoms with Gasteiger partial charge in [-0.3, -0.25) is 0 Å². The van der Waals surface area contributed by atoms with Crippen LogP contribution in [0.2, 0.25) is 0 Å². The summed E-state index contributed by atoms with van der Waals surface area (Å²) in [4.78, 5) is 11.8. The van der Waals surface area contributed by atoms with Gasteiger partial charge in [0.05, 0.1) is 19.1 Å². The highest BCUT2D eigenvalue weighted by Gasteiger charge is 2.19. The molecule has 1 aliphatic heterocycles. The van der Waals surface area contributed by atoms with Crippen molar-refractivity contribution in [1.82, 2.24) is 0 Å². The molecule has 3 heteroatoms. The van der Waals surface area contributed by atoms with Gasteiger partial charge in [-0.2, -0.15) is 0 Å². The molecule has 16 heavy (non-hydrogen) atoms. The van der Waals surface area contributed by atoms with E-state index >= 15 is 0 Å². The van der Waals surface area contributed by atoms with Crippen LogP contribution in [0.4, 0.5) is 0 Å². The molecule has 1 aromatic rings. The molecule has 1 aromatic carbocycles. The Kier molecular flexibility index (Phi) is 3.37. The fraction of sp³-hybridized carbons (Fsp3) is 0.308. The van der Waals surface area contributed by atoms with Crippen molar-refractivity contribution in [3.05, 3.63) is 47.5 Å². The summed E-state index contributed by atoms with van der Waals surface area (Å²) in [5, 5.41) is 10.4. The summed E-state index contributed by atoms with van der Waals surface area (Å²) < 4.78 is 0. The summed E-state index contributed by atoms with van der Waals surface area (Å²) in [5.74, 6) is -1.07. The Labute approximate surface area is 95.0 Å². The molecule has 0 amide bonds. The Balaban J connectivity index is 1.93. The highest BCUT2D eigenvalue weighted by atomic mass is 16.4. The summed E-state index contributed by atoms with van der Waals surface area (Å²) in [6.07, 6.45) is 2.12. The first kappa shape index (κ1) is 10.9. The van der Waals surface area contributed by atoms with E-state index in [1.807, 2.05) is 18.2 Å². The van der Waals surface area contributed by atoms with Crippen LogP contribution >= 0.6 is 0 Å². The Hall–Kier alpha value is -1.61. The van der Waals surface area contributed by atoms with Crippen LogP contribution in [0.1, 0.15) is 12.0 Å². The summed E-state index contributed by atoms with van der Waals surface area (Å²) >= 11 is 0. The minimum absolute atomic E-state index is 0.822. The van der Waals surface area contributed by atoms with Gasteiger partial charge in [0.2, 0.25) is 0 Å². The Morgan fingerprint density at radius 2 is 2.12 bits per heavy atom. The predicted molar refractivity (Wildman–Crippen MR) is 58.5 cm³/mol. The molecule has 1 N–H and O–H groups in total. The maximum atomic E-state index is 10.4. The first-order valence-electron chi connectivity index (χ1n) is 5.52. The lowest BCUT2D eigenvalue weighted by Gasteiger charge is -2.11. The second-order valence-corrected chi connectivity index (χ2v) is 4.21. The summed E-state index contributed by atoms with van der Waals surface area (Å²) in [6.45, 7) is 2.79. The molecule has 0 radical (unpaired) electrons. The minimum Gasteiger partial charge on any atom is -0.545 e. The smallest absolute Gasteiger partial charge is 0.103 e. The monoisotopic (exact) mass is 217 g/mol. The van der Waals surface area contributed by atoms with Gasteiger partial charge in [-0.05, 0) is 11.6 Å². The van der Waals surface area contributed by atoms with Gasteiger partial charge in [-0.1, -0.05) is 30.3 Å².